The van der Waals surface area contributed by atoms with Gasteiger partial charge in [-0.1, -0.05) is 53.0 Å². The quantitative estimate of drug-likeness (QED) is 0.178. The van der Waals surface area contributed by atoms with E-state index in [0.717, 1.165) is 34.5 Å². The molecule has 1 aromatic heterocycles. The SMILES string of the molecule is Cc1cc(/C=N/NC(=O)c2ccc(N(Cc3ccc(Cl)cc3)S(C)(=O)=O)cc2)c(C)n1-c1cccc(Cl)c1Cl. The van der Waals surface area contributed by atoms with Gasteiger partial charge in [-0.05, 0) is 74.0 Å². The molecular weight excluding hydrogens is 579 g/mol. The maximum absolute atomic E-state index is 12.7. The Labute approximate surface area is 242 Å². The molecular formula is C28H25Cl3N4O3S. The number of rotatable bonds is 8. The van der Waals surface area contributed by atoms with E-state index in [9.17, 15) is 13.2 Å². The molecule has 0 aliphatic rings. The van der Waals surface area contributed by atoms with E-state index >= 15 is 0 Å². The van der Waals surface area contributed by atoms with Crippen molar-refractivity contribution in [1.29, 1.82) is 0 Å². The second kappa shape index (κ2) is 11.8. The van der Waals surface area contributed by atoms with Gasteiger partial charge >= 0.3 is 0 Å². The van der Waals surface area contributed by atoms with Crippen LogP contribution in [0.2, 0.25) is 15.1 Å². The number of benzene rings is 3. The van der Waals surface area contributed by atoms with Crippen LogP contribution in [0.4, 0.5) is 5.69 Å². The number of anilines is 1. The third kappa shape index (κ3) is 6.65. The molecule has 0 aliphatic carbocycles. The number of hydrazone groups is 1. The van der Waals surface area contributed by atoms with Crippen LogP contribution in [-0.2, 0) is 16.6 Å². The van der Waals surface area contributed by atoms with Crippen molar-refractivity contribution in [2.24, 2.45) is 5.10 Å². The van der Waals surface area contributed by atoms with Crippen LogP contribution in [0.15, 0.2) is 77.9 Å². The summed E-state index contributed by atoms with van der Waals surface area (Å²) >= 11 is 18.5. The Morgan fingerprint density at radius 2 is 1.67 bits per heavy atom. The summed E-state index contributed by atoms with van der Waals surface area (Å²) in [5, 5.41) is 5.58. The fourth-order valence-corrected chi connectivity index (χ4v) is 5.51. The summed E-state index contributed by atoms with van der Waals surface area (Å²) in [6.07, 6.45) is 2.69. The minimum absolute atomic E-state index is 0.130. The van der Waals surface area contributed by atoms with Crippen LogP contribution < -0.4 is 9.73 Å². The fraction of sp³-hybridized carbons (Fsp3) is 0.143. The van der Waals surface area contributed by atoms with E-state index in [4.69, 9.17) is 34.8 Å². The van der Waals surface area contributed by atoms with Gasteiger partial charge in [0, 0.05) is 27.5 Å². The van der Waals surface area contributed by atoms with Gasteiger partial charge in [-0.25, -0.2) is 13.8 Å². The lowest BCUT2D eigenvalue weighted by molar-refractivity contribution is 0.0955. The third-order valence-electron chi connectivity index (χ3n) is 6.07. The molecule has 0 fully saturated rings. The Balaban J connectivity index is 1.48. The zero-order valence-electron chi connectivity index (χ0n) is 21.3. The van der Waals surface area contributed by atoms with Gasteiger partial charge in [-0.15, -0.1) is 0 Å². The highest BCUT2D eigenvalue weighted by molar-refractivity contribution is 7.92. The van der Waals surface area contributed by atoms with E-state index in [1.807, 2.05) is 36.6 Å². The van der Waals surface area contributed by atoms with Gasteiger partial charge in [0.15, 0.2) is 0 Å². The van der Waals surface area contributed by atoms with Gasteiger partial charge < -0.3 is 4.57 Å². The summed E-state index contributed by atoms with van der Waals surface area (Å²) in [5.41, 5.74) is 7.40. The maximum Gasteiger partial charge on any atom is 0.271 e. The standard InChI is InChI=1S/C28H25Cl3N4O3S/c1-18-15-22(19(2)35(18)26-6-4-5-25(30)27(26)31)16-32-33-28(36)21-9-13-24(14-10-21)34(39(3,37)38)17-20-7-11-23(29)12-8-20/h4-16H,17H2,1-3H3,(H,33,36)/b32-16+. The van der Waals surface area contributed by atoms with Gasteiger partial charge in [0.25, 0.3) is 5.91 Å². The fourth-order valence-electron chi connectivity index (χ4n) is 4.11. The van der Waals surface area contributed by atoms with E-state index in [-0.39, 0.29) is 6.54 Å². The van der Waals surface area contributed by atoms with Crippen LogP contribution in [0.5, 0.6) is 0 Å². The Hall–Kier alpha value is -3.30. The number of hydrogen-bond donors (Lipinski definition) is 1. The third-order valence-corrected chi connectivity index (χ3v) is 8.27. The predicted molar refractivity (Wildman–Crippen MR) is 159 cm³/mol. The molecule has 0 saturated carbocycles. The first-order chi connectivity index (χ1) is 18.5. The maximum atomic E-state index is 12.7. The summed E-state index contributed by atoms with van der Waals surface area (Å²) in [4.78, 5) is 12.7. The normalized spacial score (nSPS) is 11.6. The van der Waals surface area contributed by atoms with Gasteiger partial charge in [0.2, 0.25) is 10.0 Å². The lowest BCUT2D eigenvalue weighted by Crippen LogP contribution is -2.29. The average molecular weight is 604 g/mol. The molecule has 3 aromatic carbocycles. The molecule has 11 heteroatoms. The summed E-state index contributed by atoms with van der Waals surface area (Å²) in [6, 6.07) is 20.6. The Morgan fingerprint density at radius 3 is 2.31 bits per heavy atom. The number of aromatic nitrogens is 1. The highest BCUT2D eigenvalue weighted by atomic mass is 35.5. The molecule has 0 unspecified atom stereocenters. The van der Waals surface area contributed by atoms with Gasteiger partial charge in [0.05, 0.1) is 40.4 Å². The molecule has 202 valence electrons. The molecule has 0 spiro atoms. The first-order valence-electron chi connectivity index (χ1n) is 11.7. The smallest absolute Gasteiger partial charge is 0.271 e. The van der Waals surface area contributed by atoms with Gasteiger partial charge in [0.1, 0.15) is 0 Å². The van der Waals surface area contributed by atoms with Crippen molar-refractivity contribution in [3.05, 3.63) is 116 Å². The number of halogens is 3. The van der Waals surface area contributed by atoms with Gasteiger partial charge in [-0.2, -0.15) is 5.10 Å². The molecule has 0 aliphatic heterocycles. The summed E-state index contributed by atoms with van der Waals surface area (Å²) < 4.78 is 28.2. The lowest BCUT2D eigenvalue weighted by Gasteiger charge is -2.22. The second-order valence-electron chi connectivity index (χ2n) is 8.88. The van der Waals surface area contributed by atoms with Crippen molar-refractivity contribution in [1.82, 2.24) is 9.99 Å². The lowest BCUT2D eigenvalue weighted by atomic mass is 10.2. The number of carbonyl (C=O) groups excluding carboxylic acids is 1. The van der Waals surface area contributed by atoms with Crippen LogP contribution in [0.3, 0.4) is 0 Å². The molecule has 0 bridgehead atoms. The number of amides is 1. The van der Waals surface area contributed by atoms with E-state index in [1.54, 1.807) is 60.8 Å². The largest absolute Gasteiger partial charge is 0.316 e. The number of nitrogens with zero attached hydrogens (tertiary/aromatic N) is 3. The van der Waals surface area contributed by atoms with E-state index < -0.39 is 15.9 Å². The highest BCUT2D eigenvalue weighted by Crippen LogP contribution is 2.31. The average Bonchev–Trinajstić information content (AvgIpc) is 3.17. The van der Waals surface area contributed by atoms with Crippen molar-refractivity contribution < 1.29 is 13.2 Å². The van der Waals surface area contributed by atoms with Crippen LogP contribution >= 0.6 is 34.8 Å². The number of nitrogens with one attached hydrogen (secondary N) is 1. The molecule has 0 saturated heterocycles. The summed E-state index contributed by atoms with van der Waals surface area (Å²) in [5.74, 6) is -0.437. The van der Waals surface area contributed by atoms with E-state index in [2.05, 4.69) is 10.5 Å². The van der Waals surface area contributed by atoms with Crippen molar-refractivity contribution in [3.63, 3.8) is 0 Å². The molecule has 4 aromatic rings. The predicted octanol–water partition coefficient (Wildman–Crippen LogP) is 6.78. The van der Waals surface area contributed by atoms with Crippen molar-refractivity contribution in [3.8, 4) is 5.69 Å². The van der Waals surface area contributed by atoms with Crippen LogP contribution in [0.25, 0.3) is 5.69 Å². The number of carbonyl (C=O) groups is 1. The van der Waals surface area contributed by atoms with E-state index in [1.165, 1.54) is 4.31 Å². The first kappa shape index (κ1) is 28.7. The molecule has 0 atom stereocenters. The van der Waals surface area contributed by atoms with E-state index in [0.29, 0.717) is 26.3 Å². The minimum Gasteiger partial charge on any atom is -0.316 e. The van der Waals surface area contributed by atoms with Crippen molar-refractivity contribution in [2.45, 2.75) is 20.4 Å². The van der Waals surface area contributed by atoms with Crippen LogP contribution in [0.1, 0.15) is 32.9 Å². The molecule has 1 heterocycles. The van der Waals surface area contributed by atoms with Crippen LogP contribution in [-0.4, -0.2) is 31.4 Å². The minimum atomic E-state index is -3.58. The number of sulfonamides is 1. The first-order valence-corrected chi connectivity index (χ1v) is 14.7. The molecule has 39 heavy (non-hydrogen) atoms. The molecule has 7 nitrogen and oxygen atoms in total. The Bertz CT molecular complexity index is 1650. The van der Waals surface area contributed by atoms with Crippen LogP contribution in [0, 0.1) is 13.8 Å². The highest BCUT2D eigenvalue weighted by Gasteiger charge is 2.19. The zero-order chi connectivity index (χ0) is 28.3. The number of aryl methyl sites for hydroxylation is 1. The topological polar surface area (TPSA) is 83.8 Å². The number of hydrogen-bond acceptors (Lipinski definition) is 4. The molecule has 1 amide bonds. The zero-order valence-corrected chi connectivity index (χ0v) is 24.4. The summed E-state index contributed by atoms with van der Waals surface area (Å²) in [6.45, 7) is 3.99. The molecule has 0 radical (unpaired) electrons. The van der Waals surface area contributed by atoms with Gasteiger partial charge in [-0.3, -0.25) is 9.10 Å². The Kier molecular flexibility index (Phi) is 8.71. The Morgan fingerprint density at radius 1 is 1.00 bits per heavy atom. The summed E-state index contributed by atoms with van der Waals surface area (Å²) in [7, 11) is -3.58. The van der Waals surface area contributed by atoms with Crippen molar-refractivity contribution >= 4 is 62.6 Å². The molecule has 4 rings (SSSR count). The molecule has 1 N–H and O–H groups in total. The van der Waals surface area contributed by atoms with Crippen molar-refractivity contribution in [2.75, 3.05) is 10.6 Å². The monoisotopic (exact) mass is 602 g/mol. The second-order valence-corrected chi connectivity index (χ2v) is 12.0.